The van der Waals surface area contributed by atoms with Crippen molar-refractivity contribution in [2.45, 2.75) is 31.7 Å². The summed E-state index contributed by atoms with van der Waals surface area (Å²) in [5.74, 6) is -1.14. The molecule has 2 rings (SSSR count). The number of halogens is 2. The Labute approximate surface area is 119 Å². The van der Waals surface area contributed by atoms with Crippen molar-refractivity contribution in [2.75, 3.05) is 5.32 Å². The third-order valence-electron chi connectivity index (χ3n) is 3.39. The van der Waals surface area contributed by atoms with Crippen LogP contribution in [0.1, 0.15) is 25.7 Å². The number of hydrogen-bond acceptors (Lipinski definition) is 2. The lowest BCUT2D eigenvalue weighted by Gasteiger charge is -2.28. The van der Waals surface area contributed by atoms with Crippen LogP contribution < -0.4 is 5.32 Å². The van der Waals surface area contributed by atoms with Gasteiger partial charge < -0.3 is 10.4 Å². The molecule has 0 aliphatic heterocycles. The van der Waals surface area contributed by atoms with Gasteiger partial charge in [0.15, 0.2) is 0 Å². The standard InChI is InChI=1S/C13H15FINO2/c14-10-2-1-3-11(12(10)15)16-9-6-4-8(5-7-9)13(17)18/h1-3,8-9,16H,4-7H2,(H,17,18). The Morgan fingerprint density at radius 1 is 1.33 bits per heavy atom. The highest BCUT2D eigenvalue weighted by molar-refractivity contribution is 14.1. The van der Waals surface area contributed by atoms with Crippen LogP contribution >= 0.6 is 22.6 Å². The van der Waals surface area contributed by atoms with Crippen molar-refractivity contribution in [1.29, 1.82) is 0 Å². The molecule has 18 heavy (non-hydrogen) atoms. The quantitative estimate of drug-likeness (QED) is 0.809. The summed E-state index contributed by atoms with van der Waals surface area (Å²) in [5, 5.41) is 12.2. The van der Waals surface area contributed by atoms with Crippen LogP contribution in [0, 0.1) is 15.3 Å². The molecule has 2 N–H and O–H groups in total. The Morgan fingerprint density at radius 2 is 2.00 bits per heavy atom. The van der Waals surface area contributed by atoms with E-state index in [1.807, 2.05) is 28.7 Å². The predicted molar refractivity (Wildman–Crippen MR) is 76.1 cm³/mol. The first kappa shape index (κ1) is 13.6. The number of anilines is 1. The van der Waals surface area contributed by atoms with Crippen molar-refractivity contribution >= 4 is 34.2 Å². The van der Waals surface area contributed by atoms with Crippen LogP contribution in [-0.2, 0) is 4.79 Å². The number of aliphatic carboxylic acids is 1. The minimum Gasteiger partial charge on any atom is -0.481 e. The normalized spacial score (nSPS) is 23.7. The summed E-state index contributed by atoms with van der Waals surface area (Å²) in [4.78, 5) is 10.8. The highest BCUT2D eigenvalue weighted by Crippen LogP contribution is 2.29. The van der Waals surface area contributed by atoms with Gasteiger partial charge in [0.2, 0.25) is 0 Å². The van der Waals surface area contributed by atoms with E-state index in [9.17, 15) is 9.18 Å². The van der Waals surface area contributed by atoms with E-state index in [1.165, 1.54) is 6.07 Å². The molecule has 5 heteroatoms. The molecule has 1 aliphatic carbocycles. The zero-order valence-corrected chi connectivity index (χ0v) is 12.0. The second-order valence-electron chi connectivity index (χ2n) is 4.63. The summed E-state index contributed by atoms with van der Waals surface area (Å²) in [6.45, 7) is 0. The molecule has 0 saturated heterocycles. The number of carboxylic acid groups (broad SMARTS) is 1. The smallest absolute Gasteiger partial charge is 0.306 e. The van der Waals surface area contributed by atoms with Gasteiger partial charge in [0.05, 0.1) is 15.2 Å². The summed E-state index contributed by atoms with van der Waals surface area (Å²) in [6.07, 6.45) is 3.03. The number of hydrogen-bond donors (Lipinski definition) is 2. The Balaban J connectivity index is 1.96. The molecule has 0 atom stereocenters. The van der Waals surface area contributed by atoms with Crippen molar-refractivity contribution in [1.82, 2.24) is 0 Å². The molecule has 0 aromatic heterocycles. The molecule has 0 spiro atoms. The maximum Gasteiger partial charge on any atom is 0.306 e. The zero-order chi connectivity index (χ0) is 13.1. The van der Waals surface area contributed by atoms with Gasteiger partial charge >= 0.3 is 5.97 Å². The van der Waals surface area contributed by atoms with Crippen LogP contribution in [-0.4, -0.2) is 17.1 Å². The molecule has 1 fully saturated rings. The molecule has 3 nitrogen and oxygen atoms in total. The lowest BCUT2D eigenvalue weighted by Crippen LogP contribution is -2.29. The fourth-order valence-corrected chi connectivity index (χ4v) is 2.84. The Hall–Kier alpha value is -0.850. The fraction of sp³-hybridized carbons (Fsp3) is 0.462. The van der Waals surface area contributed by atoms with E-state index < -0.39 is 5.97 Å². The SMILES string of the molecule is O=C(O)C1CCC(Nc2cccc(F)c2I)CC1. The van der Waals surface area contributed by atoms with Gasteiger partial charge in [-0.25, -0.2) is 4.39 Å². The zero-order valence-electron chi connectivity index (χ0n) is 9.83. The third kappa shape index (κ3) is 3.13. The van der Waals surface area contributed by atoms with Gasteiger partial charge in [-0.05, 0) is 60.4 Å². The molecule has 1 saturated carbocycles. The Morgan fingerprint density at radius 3 is 2.61 bits per heavy atom. The first-order valence-electron chi connectivity index (χ1n) is 6.01. The van der Waals surface area contributed by atoms with Crippen LogP contribution in [0.15, 0.2) is 18.2 Å². The minimum absolute atomic E-state index is 0.213. The molecular formula is C13H15FINO2. The number of carboxylic acids is 1. The van der Waals surface area contributed by atoms with Crippen molar-refractivity contribution in [3.8, 4) is 0 Å². The number of nitrogens with one attached hydrogen (secondary N) is 1. The van der Waals surface area contributed by atoms with E-state index in [0.29, 0.717) is 16.4 Å². The van der Waals surface area contributed by atoms with Crippen LogP contribution in [0.25, 0.3) is 0 Å². The van der Waals surface area contributed by atoms with E-state index in [-0.39, 0.29) is 17.8 Å². The molecular weight excluding hydrogens is 348 g/mol. The van der Waals surface area contributed by atoms with Crippen LogP contribution in [0.4, 0.5) is 10.1 Å². The number of rotatable bonds is 3. The molecule has 98 valence electrons. The molecule has 0 heterocycles. The number of carbonyl (C=O) groups is 1. The minimum atomic E-state index is -0.700. The average molecular weight is 363 g/mol. The lowest BCUT2D eigenvalue weighted by molar-refractivity contribution is -0.142. The van der Waals surface area contributed by atoms with Gasteiger partial charge in [0.25, 0.3) is 0 Å². The van der Waals surface area contributed by atoms with Crippen molar-refractivity contribution in [3.63, 3.8) is 0 Å². The molecule has 1 aromatic carbocycles. The van der Waals surface area contributed by atoms with Gasteiger partial charge in [-0.15, -0.1) is 0 Å². The number of benzene rings is 1. The molecule has 1 aromatic rings. The maximum absolute atomic E-state index is 13.4. The molecule has 0 amide bonds. The van der Waals surface area contributed by atoms with E-state index in [4.69, 9.17) is 5.11 Å². The topological polar surface area (TPSA) is 49.3 Å². The first-order chi connectivity index (χ1) is 8.58. The van der Waals surface area contributed by atoms with Gasteiger partial charge in [-0.1, -0.05) is 6.07 Å². The third-order valence-corrected chi connectivity index (χ3v) is 4.48. The second kappa shape index (κ2) is 5.86. The predicted octanol–water partition coefficient (Wildman–Crippen LogP) is 3.49. The fourth-order valence-electron chi connectivity index (χ4n) is 2.32. The van der Waals surface area contributed by atoms with E-state index in [2.05, 4.69) is 5.32 Å². The first-order valence-corrected chi connectivity index (χ1v) is 7.09. The largest absolute Gasteiger partial charge is 0.481 e. The summed E-state index contributed by atoms with van der Waals surface area (Å²) in [5.41, 5.74) is 0.800. The Bertz CT molecular complexity index is 445. The van der Waals surface area contributed by atoms with Crippen LogP contribution in [0.2, 0.25) is 0 Å². The lowest BCUT2D eigenvalue weighted by atomic mass is 9.86. The highest BCUT2D eigenvalue weighted by atomic mass is 127. The summed E-state index contributed by atoms with van der Waals surface area (Å²) in [6, 6.07) is 5.22. The molecule has 1 aliphatic rings. The second-order valence-corrected chi connectivity index (χ2v) is 5.71. The highest BCUT2D eigenvalue weighted by Gasteiger charge is 2.26. The monoisotopic (exact) mass is 363 g/mol. The Kier molecular flexibility index (Phi) is 4.42. The van der Waals surface area contributed by atoms with E-state index in [0.717, 1.165) is 18.5 Å². The maximum atomic E-state index is 13.4. The summed E-state index contributed by atoms with van der Waals surface area (Å²) >= 11 is 1.98. The van der Waals surface area contributed by atoms with E-state index in [1.54, 1.807) is 6.07 Å². The molecule has 0 radical (unpaired) electrons. The van der Waals surface area contributed by atoms with Gasteiger partial charge in [-0.2, -0.15) is 0 Å². The summed E-state index contributed by atoms with van der Waals surface area (Å²) < 4.78 is 14.0. The van der Waals surface area contributed by atoms with Gasteiger partial charge in [0, 0.05) is 6.04 Å². The van der Waals surface area contributed by atoms with Crippen molar-refractivity contribution < 1.29 is 14.3 Å². The van der Waals surface area contributed by atoms with Gasteiger partial charge in [0.1, 0.15) is 5.82 Å². The van der Waals surface area contributed by atoms with Crippen molar-refractivity contribution in [3.05, 3.63) is 27.6 Å². The van der Waals surface area contributed by atoms with E-state index >= 15 is 0 Å². The van der Waals surface area contributed by atoms with Crippen LogP contribution in [0.3, 0.4) is 0 Å². The molecule has 0 bridgehead atoms. The molecule has 0 unspecified atom stereocenters. The van der Waals surface area contributed by atoms with Crippen LogP contribution in [0.5, 0.6) is 0 Å². The summed E-state index contributed by atoms with van der Waals surface area (Å²) in [7, 11) is 0. The van der Waals surface area contributed by atoms with Crippen molar-refractivity contribution in [2.24, 2.45) is 5.92 Å². The van der Waals surface area contributed by atoms with Gasteiger partial charge in [-0.3, -0.25) is 4.79 Å². The average Bonchev–Trinajstić information content (AvgIpc) is 2.36.